The van der Waals surface area contributed by atoms with E-state index in [0.717, 1.165) is 30.0 Å². The second-order valence-electron chi connectivity index (χ2n) is 6.39. The zero-order valence-corrected chi connectivity index (χ0v) is 18.0. The predicted octanol–water partition coefficient (Wildman–Crippen LogP) is 5.28. The second kappa shape index (κ2) is 9.57. The molecular weight excluding hydrogens is 471 g/mol. The summed E-state index contributed by atoms with van der Waals surface area (Å²) >= 11 is 6.92. The number of thioether (sulfide) groups is 1. The van der Waals surface area contributed by atoms with Crippen molar-refractivity contribution in [3.63, 3.8) is 0 Å². The average molecular weight is 486 g/mol. The number of nitrogens with zero attached hydrogens (tertiary/aromatic N) is 4. The summed E-state index contributed by atoms with van der Waals surface area (Å²) in [6.45, 7) is 2.24. The number of nitro groups is 1. The quantitative estimate of drug-likeness (QED) is 0.277. The highest BCUT2D eigenvalue weighted by Gasteiger charge is 2.31. The van der Waals surface area contributed by atoms with Crippen molar-refractivity contribution < 1.29 is 22.9 Å². The summed E-state index contributed by atoms with van der Waals surface area (Å²) in [5.74, 6) is -0.363. The summed E-state index contributed by atoms with van der Waals surface area (Å²) < 4.78 is 40.3. The maximum Gasteiger partial charge on any atom is 0.416 e. The molecule has 1 aromatic heterocycles. The van der Waals surface area contributed by atoms with Gasteiger partial charge in [0.1, 0.15) is 0 Å². The van der Waals surface area contributed by atoms with Crippen molar-refractivity contribution in [2.24, 2.45) is 0 Å². The van der Waals surface area contributed by atoms with E-state index in [-0.39, 0.29) is 22.2 Å². The number of aromatic nitrogens is 3. The highest BCUT2D eigenvalue weighted by atomic mass is 35.5. The Kier molecular flexibility index (Phi) is 7.04. The van der Waals surface area contributed by atoms with Gasteiger partial charge in [0.05, 0.1) is 26.9 Å². The van der Waals surface area contributed by atoms with Gasteiger partial charge in [-0.2, -0.15) is 13.2 Å². The van der Waals surface area contributed by atoms with E-state index in [2.05, 4.69) is 15.5 Å². The molecule has 168 valence electrons. The van der Waals surface area contributed by atoms with Crippen molar-refractivity contribution in [2.75, 3.05) is 11.1 Å². The van der Waals surface area contributed by atoms with Gasteiger partial charge >= 0.3 is 6.18 Å². The molecule has 0 fully saturated rings. The van der Waals surface area contributed by atoms with Crippen LogP contribution in [0.2, 0.25) is 5.02 Å². The van der Waals surface area contributed by atoms with E-state index in [0.29, 0.717) is 23.1 Å². The van der Waals surface area contributed by atoms with Crippen LogP contribution in [0.15, 0.2) is 47.6 Å². The van der Waals surface area contributed by atoms with E-state index in [1.807, 2.05) is 6.92 Å². The monoisotopic (exact) mass is 485 g/mol. The minimum atomic E-state index is -4.57. The number of hydrogen-bond acceptors (Lipinski definition) is 6. The zero-order chi connectivity index (χ0) is 23.5. The van der Waals surface area contributed by atoms with E-state index >= 15 is 0 Å². The maximum absolute atomic E-state index is 12.9. The summed E-state index contributed by atoms with van der Waals surface area (Å²) in [6, 6.07) is 8.56. The number of benzene rings is 2. The number of anilines is 1. The Hall–Kier alpha value is -3.12. The first kappa shape index (κ1) is 23.5. The molecule has 1 heterocycles. The van der Waals surface area contributed by atoms with Crippen LogP contribution < -0.4 is 5.32 Å². The molecule has 0 spiro atoms. The van der Waals surface area contributed by atoms with Gasteiger partial charge in [0.2, 0.25) is 5.91 Å². The van der Waals surface area contributed by atoms with E-state index in [1.165, 1.54) is 18.2 Å². The van der Waals surface area contributed by atoms with Gasteiger partial charge in [-0.25, -0.2) is 0 Å². The molecule has 0 aliphatic rings. The standard InChI is InChI=1S/C19H15ClF3N5O3S/c1-2-27-17(11-4-3-5-13(8-11)28(30)31)25-26-18(27)32-10-16(29)24-15-9-12(19(21,22)23)6-7-14(15)20/h3-9H,2,10H2,1H3,(H,24,29). The number of nitrogens with one attached hydrogen (secondary N) is 1. The molecule has 8 nitrogen and oxygen atoms in total. The molecule has 0 unspecified atom stereocenters. The third-order valence-electron chi connectivity index (χ3n) is 4.25. The Morgan fingerprint density at radius 1 is 1.25 bits per heavy atom. The number of alkyl halides is 3. The van der Waals surface area contributed by atoms with Crippen LogP contribution in [0.3, 0.4) is 0 Å². The molecule has 13 heteroatoms. The predicted molar refractivity (Wildman–Crippen MR) is 114 cm³/mol. The van der Waals surface area contributed by atoms with E-state index in [4.69, 9.17) is 11.6 Å². The fourth-order valence-electron chi connectivity index (χ4n) is 2.77. The molecule has 3 aromatic rings. The van der Waals surface area contributed by atoms with Crippen LogP contribution in [0.25, 0.3) is 11.4 Å². The van der Waals surface area contributed by atoms with Gasteiger partial charge in [-0.3, -0.25) is 14.9 Å². The first-order chi connectivity index (χ1) is 15.1. The molecule has 0 atom stereocenters. The summed E-state index contributed by atoms with van der Waals surface area (Å²) in [4.78, 5) is 22.8. The van der Waals surface area contributed by atoms with Gasteiger partial charge < -0.3 is 9.88 Å². The van der Waals surface area contributed by atoms with Crippen molar-refractivity contribution in [2.45, 2.75) is 24.8 Å². The fourth-order valence-corrected chi connectivity index (χ4v) is 3.73. The summed E-state index contributed by atoms with van der Waals surface area (Å²) in [6.07, 6.45) is -4.57. The van der Waals surface area contributed by atoms with E-state index < -0.39 is 22.6 Å². The fraction of sp³-hybridized carbons (Fsp3) is 0.211. The van der Waals surface area contributed by atoms with Gasteiger partial charge in [-0.15, -0.1) is 10.2 Å². The van der Waals surface area contributed by atoms with Crippen molar-refractivity contribution in [3.05, 3.63) is 63.2 Å². The molecule has 0 bridgehead atoms. The van der Waals surface area contributed by atoms with Crippen LogP contribution in [0.5, 0.6) is 0 Å². The van der Waals surface area contributed by atoms with Crippen molar-refractivity contribution in [3.8, 4) is 11.4 Å². The normalized spacial score (nSPS) is 11.4. The van der Waals surface area contributed by atoms with Crippen LogP contribution in [0.1, 0.15) is 12.5 Å². The SMILES string of the molecule is CCn1c(SCC(=O)Nc2cc(C(F)(F)F)ccc2Cl)nnc1-c1cccc([N+](=O)[O-])c1. The van der Waals surface area contributed by atoms with Crippen molar-refractivity contribution in [1.29, 1.82) is 0 Å². The molecule has 0 saturated heterocycles. The number of carbonyl (C=O) groups excluding carboxylic acids is 1. The lowest BCUT2D eigenvalue weighted by Gasteiger charge is -2.12. The second-order valence-corrected chi connectivity index (χ2v) is 7.74. The highest BCUT2D eigenvalue weighted by molar-refractivity contribution is 7.99. The van der Waals surface area contributed by atoms with Crippen LogP contribution in [-0.2, 0) is 17.5 Å². The third kappa shape index (κ3) is 5.37. The minimum absolute atomic E-state index is 0.0268. The van der Waals surface area contributed by atoms with E-state index in [9.17, 15) is 28.1 Å². The number of rotatable bonds is 7. The molecule has 2 aromatic carbocycles. The zero-order valence-electron chi connectivity index (χ0n) is 16.4. The number of hydrogen-bond donors (Lipinski definition) is 1. The van der Waals surface area contributed by atoms with Gasteiger partial charge in [0, 0.05) is 24.2 Å². The molecule has 1 N–H and O–H groups in total. The molecular formula is C19H15ClF3N5O3S. The van der Waals surface area contributed by atoms with Crippen molar-refractivity contribution >= 4 is 40.6 Å². The minimum Gasteiger partial charge on any atom is -0.324 e. The first-order valence-electron chi connectivity index (χ1n) is 9.07. The maximum atomic E-state index is 12.9. The summed E-state index contributed by atoms with van der Waals surface area (Å²) in [7, 11) is 0. The number of halogens is 4. The Morgan fingerprint density at radius 3 is 2.66 bits per heavy atom. The smallest absolute Gasteiger partial charge is 0.324 e. The average Bonchev–Trinajstić information content (AvgIpc) is 3.16. The largest absolute Gasteiger partial charge is 0.416 e. The lowest BCUT2D eigenvalue weighted by Crippen LogP contribution is -2.16. The summed E-state index contributed by atoms with van der Waals surface area (Å²) in [5.41, 5.74) is -0.696. The molecule has 0 aliphatic heterocycles. The highest BCUT2D eigenvalue weighted by Crippen LogP contribution is 2.34. The van der Waals surface area contributed by atoms with Crippen molar-refractivity contribution in [1.82, 2.24) is 14.8 Å². The van der Waals surface area contributed by atoms with Gasteiger partial charge in [0.15, 0.2) is 11.0 Å². The topological polar surface area (TPSA) is 103 Å². The lowest BCUT2D eigenvalue weighted by atomic mass is 10.2. The Morgan fingerprint density at radius 2 is 2.00 bits per heavy atom. The van der Waals surface area contributed by atoms with Gasteiger partial charge in [-0.1, -0.05) is 35.5 Å². The molecule has 0 radical (unpaired) electrons. The Bertz CT molecular complexity index is 1170. The van der Waals surface area contributed by atoms with E-state index in [1.54, 1.807) is 10.6 Å². The van der Waals surface area contributed by atoms with Crippen LogP contribution in [0.4, 0.5) is 24.5 Å². The van der Waals surface area contributed by atoms with Gasteiger partial charge in [0.25, 0.3) is 5.69 Å². The molecule has 3 rings (SSSR count). The molecule has 0 saturated carbocycles. The van der Waals surface area contributed by atoms with Crippen LogP contribution >= 0.6 is 23.4 Å². The third-order valence-corrected chi connectivity index (χ3v) is 5.54. The van der Waals surface area contributed by atoms with Gasteiger partial charge in [-0.05, 0) is 25.1 Å². The number of carbonyl (C=O) groups is 1. The number of nitro benzene ring substituents is 1. The van der Waals surface area contributed by atoms with Crippen LogP contribution in [-0.4, -0.2) is 31.3 Å². The summed E-state index contributed by atoms with van der Waals surface area (Å²) in [5, 5.41) is 21.8. The Labute approximate surface area is 188 Å². The molecule has 0 aliphatic carbocycles. The Balaban J connectivity index is 1.74. The number of non-ortho nitro benzene ring substituents is 1. The molecule has 1 amide bonds. The number of amides is 1. The van der Waals surface area contributed by atoms with Crippen LogP contribution in [0, 0.1) is 10.1 Å². The first-order valence-corrected chi connectivity index (χ1v) is 10.4. The lowest BCUT2D eigenvalue weighted by molar-refractivity contribution is -0.384. The molecule has 32 heavy (non-hydrogen) atoms.